The van der Waals surface area contributed by atoms with E-state index in [1.165, 1.54) is 4.90 Å². The fourth-order valence-electron chi connectivity index (χ4n) is 3.87. The standard InChI is InChI=1S/C30H39N3O5/c1-7-9-10-13-20-33(26(34)21-31-29(36)38-30(3,4)5)27(25-15-12-11-14-22(25)8-2)28(35)32-23-16-18-24(37-6)19-17-23/h2,11-12,14-19,27H,7,9-10,13,20-21H2,1,3-6H3,(H,31,36)(H,32,35). The Morgan fingerprint density at radius 3 is 2.32 bits per heavy atom. The Hall–Kier alpha value is -3.99. The zero-order valence-electron chi connectivity index (χ0n) is 23.0. The highest BCUT2D eigenvalue weighted by atomic mass is 16.6. The SMILES string of the molecule is C#Cc1ccccc1C(C(=O)Nc1ccc(OC)cc1)N(CCCCCC)C(=O)CNC(=O)OC(C)(C)C. The van der Waals surface area contributed by atoms with Crippen molar-refractivity contribution < 1.29 is 23.9 Å². The summed E-state index contributed by atoms with van der Waals surface area (Å²) in [5.41, 5.74) is 0.875. The minimum atomic E-state index is -1.01. The number of benzene rings is 2. The lowest BCUT2D eigenvalue weighted by Gasteiger charge is -2.32. The monoisotopic (exact) mass is 521 g/mol. The first-order chi connectivity index (χ1) is 18.1. The second kappa shape index (κ2) is 14.7. The Bertz CT molecular complexity index is 1120. The van der Waals surface area contributed by atoms with Crippen molar-refractivity contribution >= 4 is 23.6 Å². The highest BCUT2D eigenvalue weighted by Crippen LogP contribution is 2.27. The van der Waals surface area contributed by atoms with E-state index < -0.39 is 29.6 Å². The molecule has 2 aromatic rings. The van der Waals surface area contributed by atoms with Gasteiger partial charge in [0.15, 0.2) is 0 Å². The van der Waals surface area contributed by atoms with E-state index >= 15 is 0 Å². The van der Waals surface area contributed by atoms with Crippen molar-refractivity contribution in [2.24, 2.45) is 0 Å². The maximum absolute atomic E-state index is 13.8. The number of terminal acetylenes is 1. The number of hydrogen-bond acceptors (Lipinski definition) is 5. The van der Waals surface area contributed by atoms with Gasteiger partial charge in [-0.05, 0) is 63.1 Å². The van der Waals surface area contributed by atoms with Gasteiger partial charge in [-0.15, -0.1) is 6.42 Å². The van der Waals surface area contributed by atoms with Crippen molar-refractivity contribution in [3.05, 3.63) is 59.7 Å². The predicted molar refractivity (Wildman–Crippen MR) is 149 cm³/mol. The number of nitrogens with zero attached hydrogens (tertiary/aromatic N) is 1. The number of alkyl carbamates (subject to hydrolysis) is 1. The molecule has 0 heterocycles. The summed E-state index contributed by atoms with van der Waals surface area (Å²) in [6, 6.07) is 13.0. The third-order valence-electron chi connectivity index (χ3n) is 5.68. The fourth-order valence-corrected chi connectivity index (χ4v) is 3.87. The van der Waals surface area contributed by atoms with Crippen molar-refractivity contribution in [2.75, 3.05) is 25.5 Å². The first kappa shape index (κ1) is 30.2. The predicted octanol–water partition coefficient (Wildman–Crippen LogP) is 5.29. The lowest BCUT2D eigenvalue weighted by molar-refractivity contribution is -0.138. The number of rotatable bonds is 12. The van der Waals surface area contributed by atoms with Gasteiger partial charge >= 0.3 is 6.09 Å². The zero-order chi connectivity index (χ0) is 28.1. The molecule has 38 heavy (non-hydrogen) atoms. The molecule has 0 bridgehead atoms. The summed E-state index contributed by atoms with van der Waals surface area (Å²) >= 11 is 0. The fraction of sp³-hybridized carbons (Fsp3) is 0.433. The van der Waals surface area contributed by atoms with Crippen molar-refractivity contribution in [1.82, 2.24) is 10.2 Å². The number of ether oxygens (including phenoxy) is 2. The van der Waals surface area contributed by atoms with Gasteiger partial charge in [0.25, 0.3) is 5.91 Å². The van der Waals surface area contributed by atoms with E-state index in [1.807, 2.05) is 0 Å². The van der Waals surface area contributed by atoms with Crippen LogP contribution in [0.5, 0.6) is 5.75 Å². The maximum Gasteiger partial charge on any atom is 0.408 e. The van der Waals surface area contributed by atoms with E-state index in [0.29, 0.717) is 35.5 Å². The molecular weight excluding hydrogens is 482 g/mol. The van der Waals surface area contributed by atoms with E-state index in [2.05, 4.69) is 23.5 Å². The van der Waals surface area contributed by atoms with Gasteiger partial charge in [0.05, 0.1) is 7.11 Å². The van der Waals surface area contributed by atoms with E-state index in [9.17, 15) is 14.4 Å². The maximum atomic E-state index is 13.8. The van der Waals surface area contributed by atoms with E-state index in [0.717, 1.165) is 19.3 Å². The topological polar surface area (TPSA) is 97.0 Å². The number of amides is 3. The minimum Gasteiger partial charge on any atom is -0.497 e. The van der Waals surface area contributed by atoms with Crippen LogP contribution in [0.3, 0.4) is 0 Å². The number of unbranched alkanes of at least 4 members (excludes halogenated alkanes) is 3. The quantitative estimate of drug-likeness (QED) is 0.292. The van der Waals surface area contributed by atoms with Crippen LogP contribution in [0.25, 0.3) is 0 Å². The van der Waals surface area contributed by atoms with Crippen molar-refractivity contribution in [2.45, 2.75) is 65.0 Å². The molecule has 0 saturated carbocycles. The summed E-state index contributed by atoms with van der Waals surface area (Å²) in [6.07, 6.45) is 8.67. The van der Waals surface area contributed by atoms with Gasteiger partial charge < -0.3 is 25.0 Å². The highest BCUT2D eigenvalue weighted by molar-refractivity contribution is 5.98. The molecule has 8 heteroatoms. The first-order valence-electron chi connectivity index (χ1n) is 12.9. The summed E-state index contributed by atoms with van der Waals surface area (Å²) < 4.78 is 10.5. The van der Waals surface area contributed by atoms with Gasteiger partial charge in [0.2, 0.25) is 5.91 Å². The van der Waals surface area contributed by atoms with Crippen LogP contribution in [0.1, 0.15) is 70.5 Å². The number of hydrogen-bond donors (Lipinski definition) is 2. The Morgan fingerprint density at radius 2 is 1.71 bits per heavy atom. The average Bonchev–Trinajstić information content (AvgIpc) is 2.88. The third-order valence-corrected chi connectivity index (χ3v) is 5.68. The Kier molecular flexibility index (Phi) is 11.7. The lowest BCUT2D eigenvalue weighted by Crippen LogP contribution is -2.47. The van der Waals surface area contributed by atoms with Crippen LogP contribution >= 0.6 is 0 Å². The number of methoxy groups -OCH3 is 1. The summed E-state index contributed by atoms with van der Waals surface area (Å²) in [5.74, 6) is 2.44. The van der Waals surface area contributed by atoms with E-state index in [4.69, 9.17) is 15.9 Å². The first-order valence-corrected chi connectivity index (χ1v) is 12.9. The molecule has 3 amide bonds. The molecule has 0 aliphatic heterocycles. The second-order valence-corrected chi connectivity index (χ2v) is 9.86. The normalized spacial score (nSPS) is 11.6. The summed E-state index contributed by atoms with van der Waals surface area (Å²) in [5, 5.41) is 5.43. The molecular formula is C30H39N3O5. The molecule has 0 spiro atoms. The van der Waals surface area contributed by atoms with Gasteiger partial charge in [-0.3, -0.25) is 9.59 Å². The summed E-state index contributed by atoms with van der Waals surface area (Å²) in [7, 11) is 1.56. The molecule has 204 valence electrons. The van der Waals surface area contributed by atoms with Gasteiger partial charge in [0.1, 0.15) is 23.9 Å². The number of anilines is 1. The molecule has 0 aromatic heterocycles. The van der Waals surface area contributed by atoms with Gasteiger partial charge in [0, 0.05) is 17.8 Å². The van der Waals surface area contributed by atoms with Crippen LogP contribution in [0, 0.1) is 12.3 Å². The van der Waals surface area contributed by atoms with Crippen molar-refractivity contribution in [3.8, 4) is 18.1 Å². The number of nitrogens with one attached hydrogen (secondary N) is 2. The number of carbonyl (C=O) groups is 3. The Balaban J connectivity index is 2.41. The molecule has 0 aliphatic rings. The number of carbonyl (C=O) groups excluding carboxylic acids is 3. The van der Waals surface area contributed by atoms with Crippen LogP contribution in [-0.2, 0) is 14.3 Å². The van der Waals surface area contributed by atoms with Gasteiger partial charge in [-0.1, -0.05) is 50.3 Å². The van der Waals surface area contributed by atoms with Crippen LogP contribution in [0.4, 0.5) is 10.5 Å². The van der Waals surface area contributed by atoms with Crippen molar-refractivity contribution in [1.29, 1.82) is 0 Å². The molecule has 8 nitrogen and oxygen atoms in total. The molecule has 0 radical (unpaired) electrons. The average molecular weight is 522 g/mol. The molecule has 2 aromatic carbocycles. The minimum absolute atomic E-state index is 0.314. The van der Waals surface area contributed by atoms with E-state index in [-0.39, 0.29) is 6.54 Å². The van der Waals surface area contributed by atoms with Crippen LogP contribution in [0.2, 0.25) is 0 Å². The Morgan fingerprint density at radius 1 is 1.03 bits per heavy atom. The highest BCUT2D eigenvalue weighted by Gasteiger charge is 2.33. The summed E-state index contributed by atoms with van der Waals surface area (Å²) in [6.45, 7) is 7.31. The van der Waals surface area contributed by atoms with Gasteiger partial charge in [-0.2, -0.15) is 0 Å². The summed E-state index contributed by atoms with van der Waals surface area (Å²) in [4.78, 5) is 41.0. The second-order valence-electron chi connectivity index (χ2n) is 9.86. The zero-order valence-corrected chi connectivity index (χ0v) is 23.0. The molecule has 0 aliphatic carbocycles. The largest absolute Gasteiger partial charge is 0.497 e. The molecule has 1 atom stereocenters. The Labute approximate surface area is 226 Å². The smallest absolute Gasteiger partial charge is 0.408 e. The van der Waals surface area contributed by atoms with Gasteiger partial charge in [-0.25, -0.2) is 4.79 Å². The van der Waals surface area contributed by atoms with Crippen LogP contribution in [-0.4, -0.2) is 48.6 Å². The van der Waals surface area contributed by atoms with Crippen molar-refractivity contribution in [3.63, 3.8) is 0 Å². The molecule has 0 fully saturated rings. The van der Waals surface area contributed by atoms with Crippen LogP contribution < -0.4 is 15.4 Å². The molecule has 0 saturated heterocycles. The van der Waals surface area contributed by atoms with E-state index in [1.54, 1.807) is 76.4 Å². The third kappa shape index (κ3) is 9.47. The molecule has 2 rings (SSSR count). The molecule has 1 unspecified atom stereocenters. The molecule has 2 N–H and O–H groups in total. The lowest BCUT2D eigenvalue weighted by atomic mass is 9.97. The van der Waals surface area contributed by atoms with Crippen LogP contribution in [0.15, 0.2) is 48.5 Å².